The van der Waals surface area contributed by atoms with Crippen molar-refractivity contribution in [1.82, 2.24) is 4.90 Å². The van der Waals surface area contributed by atoms with Gasteiger partial charge in [0, 0.05) is 31.0 Å². The molecule has 3 aliphatic carbocycles. The summed E-state index contributed by atoms with van der Waals surface area (Å²) in [5.41, 5.74) is 0. The third-order valence-electron chi connectivity index (χ3n) is 5.34. The minimum atomic E-state index is 0.372. The predicted molar refractivity (Wildman–Crippen MR) is 68.0 cm³/mol. The Labute approximate surface area is 109 Å². The van der Waals surface area contributed by atoms with Crippen LogP contribution < -0.4 is 0 Å². The maximum atomic E-state index is 12.7. The molecule has 0 aromatic heterocycles. The van der Waals surface area contributed by atoms with Crippen molar-refractivity contribution in [2.75, 3.05) is 19.8 Å². The predicted octanol–water partition coefficient (Wildman–Crippen LogP) is 2.06. The van der Waals surface area contributed by atoms with Crippen LogP contribution in [-0.2, 0) is 9.53 Å². The summed E-state index contributed by atoms with van der Waals surface area (Å²) in [5, 5.41) is 0. The van der Waals surface area contributed by atoms with E-state index in [1.165, 1.54) is 32.1 Å². The summed E-state index contributed by atoms with van der Waals surface area (Å²) in [5.74, 6) is 3.28. The molecule has 1 saturated heterocycles. The fraction of sp³-hybridized carbons (Fsp3) is 0.933. The fourth-order valence-electron chi connectivity index (χ4n) is 3.96. The lowest BCUT2D eigenvalue weighted by molar-refractivity contribution is -0.137. The smallest absolute Gasteiger partial charge is 0.225 e. The Morgan fingerprint density at radius 1 is 1.11 bits per heavy atom. The Hall–Kier alpha value is -0.570. The van der Waals surface area contributed by atoms with E-state index in [2.05, 4.69) is 4.90 Å². The van der Waals surface area contributed by atoms with Gasteiger partial charge in [0.1, 0.15) is 0 Å². The molecule has 0 bridgehead atoms. The van der Waals surface area contributed by atoms with Gasteiger partial charge in [0.15, 0.2) is 0 Å². The zero-order chi connectivity index (χ0) is 12.1. The average Bonchev–Trinajstić information content (AvgIpc) is 3.27. The summed E-state index contributed by atoms with van der Waals surface area (Å²) >= 11 is 0. The summed E-state index contributed by atoms with van der Waals surface area (Å²) in [4.78, 5) is 14.9. The molecule has 4 fully saturated rings. The van der Waals surface area contributed by atoms with Gasteiger partial charge in [-0.25, -0.2) is 0 Å². The van der Waals surface area contributed by atoms with Crippen LogP contribution in [0.2, 0.25) is 0 Å². The van der Waals surface area contributed by atoms with Gasteiger partial charge in [-0.2, -0.15) is 0 Å². The molecule has 3 saturated carbocycles. The van der Waals surface area contributed by atoms with E-state index in [4.69, 9.17) is 4.74 Å². The van der Waals surface area contributed by atoms with Crippen LogP contribution in [0.5, 0.6) is 0 Å². The number of nitrogens with zero attached hydrogens (tertiary/aromatic N) is 1. The molecule has 1 heterocycles. The normalized spacial score (nSPS) is 41.8. The molecule has 1 aliphatic heterocycles. The highest BCUT2D eigenvalue weighted by Crippen LogP contribution is 2.55. The van der Waals surface area contributed by atoms with Gasteiger partial charge in [-0.05, 0) is 50.4 Å². The average molecular weight is 249 g/mol. The molecule has 100 valence electrons. The van der Waals surface area contributed by atoms with Crippen LogP contribution >= 0.6 is 0 Å². The first kappa shape index (κ1) is 11.3. The molecule has 3 nitrogen and oxygen atoms in total. The topological polar surface area (TPSA) is 29.5 Å². The highest BCUT2D eigenvalue weighted by atomic mass is 16.5. The van der Waals surface area contributed by atoms with Crippen molar-refractivity contribution in [2.24, 2.45) is 23.7 Å². The van der Waals surface area contributed by atoms with E-state index < -0.39 is 0 Å². The summed E-state index contributed by atoms with van der Waals surface area (Å²) in [6.45, 7) is 2.73. The first-order valence-electron chi connectivity index (χ1n) is 7.69. The SMILES string of the molecule is O=C(C1CC2CC2C1)N(CC1CCOC1)C1CC1. The van der Waals surface area contributed by atoms with Crippen LogP contribution in [0.3, 0.4) is 0 Å². The molecule has 0 aromatic carbocycles. The van der Waals surface area contributed by atoms with Crippen LogP contribution in [0.15, 0.2) is 0 Å². The number of amides is 1. The van der Waals surface area contributed by atoms with Gasteiger partial charge < -0.3 is 9.64 Å². The fourth-order valence-corrected chi connectivity index (χ4v) is 3.96. The molecule has 0 aromatic rings. The van der Waals surface area contributed by atoms with Gasteiger partial charge in [0.05, 0.1) is 6.61 Å². The highest BCUT2D eigenvalue weighted by molar-refractivity contribution is 5.80. The third kappa shape index (κ3) is 2.07. The number of hydrogen-bond acceptors (Lipinski definition) is 2. The molecule has 0 spiro atoms. The molecule has 18 heavy (non-hydrogen) atoms. The molecule has 4 aliphatic rings. The Morgan fingerprint density at radius 3 is 2.50 bits per heavy atom. The second-order valence-electron chi connectivity index (χ2n) is 6.88. The lowest BCUT2D eigenvalue weighted by atomic mass is 10.0. The van der Waals surface area contributed by atoms with Crippen molar-refractivity contribution in [3.05, 3.63) is 0 Å². The molecule has 0 radical (unpaired) electrons. The number of hydrogen-bond donors (Lipinski definition) is 0. The number of ether oxygens (including phenoxy) is 1. The van der Waals surface area contributed by atoms with Crippen molar-refractivity contribution in [2.45, 2.75) is 44.6 Å². The van der Waals surface area contributed by atoms with E-state index in [-0.39, 0.29) is 0 Å². The van der Waals surface area contributed by atoms with Crippen molar-refractivity contribution in [3.63, 3.8) is 0 Å². The van der Waals surface area contributed by atoms with Crippen molar-refractivity contribution in [1.29, 1.82) is 0 Å². The maximum Gasteiger partial charge on any atom is 0.225 e. The maximum absolute atomic E-state index is 12.7. The van der Waals surface area contributed by atoms with Crippen LogP contribution in [0, 0.1) is 23.7 Å². The van der Waals surface area contributed by atoms with Crippen LogP contribution in [0.25, 0.3) is 0 Å². The first-order chi connectivity index (χ1) is 8.81. The second kappa shape index (κ2) is 4.22. The Kier molecular flexibility index (Phi) is 2.65. The number of rotatable bonds is 4. The summed E-state index contributed by atoms with van der Waals surface area (Å²) in [6.07, 6.45) is 7.40. The van der Waals surface area contributed by atoms with Gasteiger partial charge >= 0.3 is 0 Å². The molecule has 3 unspecified atom stereocenters. The van der Waals surface area contributed by atoms with E-state index in [0.29, 0.717) is 23.8 Å². The Bertz CT molecular complexity index is 336. The van der Waals surface area contributed by atoms with Gasteiger partial charge in [-0.15, -0.1) is 0 Å². The van der Waals surface area contributed by atoms with Crippen LogP contribution in [0.4, 0.5) is 0 Å². The summed E-state index contributed by atoms with van der Waals surface area (Å²) in [7, 11) is 0. The van der Waals surface area contributed by atoms with E-state index in [1.807, 2.05) is 0 Å². The van der Waals surface area contributed by atoms with E-state index in [9.17, 15) is 4.79 Å². The lowest BCUT2D eigenvalue weighted by Crippen LogP contribution is -2.40. The monoisotopic (exact) mass is 249 g/mol. The zero-order valence-electron chi connectivity index (χ0n) is 11.0. The molecular formula is C15H23NO2. The molecule has 0 N–H and O–H groups in total. The lowest BCUT2D eigenvalue weighted by Gasteiger charge is -2.28. The molecule has 4 rings (SSSR count). The Morgan fingerprint density at radius 2 is 1.89 bits per heavy atom. The van der Waals surface area contributed by atoms with Gasteiger partial charge in [0.25, 0.3) is 0 Å². The summed E-state index contributed by atoms with van der Waals surface area (Å²) < 4.78 is 5.45. The van der Waals surface area contributed by atoms with Crippen molar-refractivity contribution >= 4 is 5.91 Å². The second-order valence-corrected chi connectivity index (χ2v) is 6.88. The summed E-state index contributed by atoms with van der Waals surface area (Å²) in [6, 6.07) is 0.579. The third-order valence-corrected chi connectivity index (χ3v) is 5.34. The van der Waals surface area contributed by atoms with Gasteiger partial charge in [-0.3, -0.25) is 4.79 Å². The minimum Gasteiger partial charge on any atom is -0.381 e. The standard InChI is InChI=1S/C15H23NO2/c17-15(13-6-11-5-12(11)7-13)16(14-1-2-14)8-10-3-4-18-9-10/h10-14H,1-9H2. The molecule has 3 atom stereocenters. The van der Waals surface area contributed by atoms with Crippen molar-refractivity contribution in [3.8, 4) is 0 Å². The van der Waals surface area contributed by atoms with Gasteiger partial charge in [0.2, 0.25) is 5.91 Å². The zero-order valence-corrected chi connectivity index (χ0v) is 11.0. The van der Waals surface area contributed by atoms with Gasteiger partial charge in [-0.1, -0.05) is 0 Å². The van der Waals surface area contributed by atoms with Crippen LogP contribution in [0.1, 0.15) is 38.5 Å². The number of fused-ring (bicyclic) bond motifs is 1. The number of carbonyl (C=O) groups is 1. The Balaban J connectivity index is 1.39. The van der Waals surface area contributed by atoms with Crippen molar-refractivity contribution < 1.29 is 9.53 Å². The molecule has 1 amide bonds. The molecular weight excluding hydrogens is 226 g/mol. The quantitative estimate of drug-likeness (QED) is 0.763. The first-order valence-corrected chi connectivity index (χ1v) is 7.69. The largest absolute Gasteiger partial charge is 0.381 e. The number of carbonyl (C=O) groups excluding carboxylic acids is 1. The van der Waals surface area contributed by atoms with Crippen LogP contribution in [-0.4, -0.2) is 36.6 Å². The van der Waals surface area contributed by atoms with E-state index in [1.54, 1.807) is 0 Å². The van der Waals surface area contributed by atoms with E-state index in [0.717, 1.165) is 38.0 Å². The minimum absolute atomic E-state index is 0.372. The highest BCUT2D eigenvalue weighted by Gasteiger charge is 2.50. The van der Waals surface area contributed by atoms with E-state index >= 15 is 0 Å². The molecule has 3 heteroatoms.